The molecule has 23 heavy (non-hydrogen) atoms. The van der Waals surface area contributed by atoms with Crippen LogP contribution < -0.4 is 10.6 Å². The molecule has 0 aliphatic rings. The fourth-order valence-electron chi connectivity index (χ4n) is 1.92. The van der Waals surface area contributed by atoms with Gasteiger partial charge in [-0.1, -0.05) is 18.2 Å². The predicted octanol–water partition coefficient (Wildman–Crippen LogP) is 3.59. The van der Waals surface area contributed by atoms with Crippen LogP contribution in [0.25, 0.3) is 0 Å². The topological polar surface area (TPSA) is 88.7 Å². The molecule has 0 spiro atoms. The minimum Gasteiger partial charge on any atom is -0.360 e. The molecule has 0 saturated carbocycles. The number of anilines is 2. The van der Waals surface area contributed by atoms with Gasteiger partial charge in [0.15, 0.2) is 0 Å². The third-order valence-corrected chi connectivity index (χ3v) is 3.02. The first-order chi connectivity index (χ1) is 11.1. The van der Waals surface area contributed by atoms with E-state index in [1.807, 2.05) is 31.2 Å². The Hall–Kier alpha value is -3.57. The molecule has 0 bridgehead atoms. The van der Waals surface area contributed by atoms with Crippen molar-refractivity contribution in [3.63, 3.8) is 0 Å². The van der Waals surface area contributed by atoms with Crippen molar-refractivity contribution in [1.29, 1.82) is 10.5 Å². The Bertz CT molecular complexity index is 825. The number of carbonyl (C=O) groups excluding carboxylic acids is 1. The molecule has 0 aromatic heterocycles. The summed E-state index contributed by atoms with van der Waals surface area (Å²) in [5.41, 5.74) is 2.83. The molecule has 2 rings (SSSR count). The number of hydrogen-bond donors (Lipinski definition) is 2. The average Bonchev–Trinajstić information content (AvgIpc) is 2.56. The minimum absolute atomic E-state index is 0.0420. The van der Waals surface area contributed by atoms with Gasteiger partial charge in [-0.2, -0.15) is 10.5 Å². The molecule has 0 atom stereocenters. The van der Waals surface area contributed by atoms with Gasteiger partial charge < -0.3 is 10.6 Å². The number of nitrogens with zero attached hydrogens (tertiary/aromatic N) is 2. The number of hydrogen-bond acceptors (Lipinski definition) is 4. The van der Waals surface area contributed by atoms with Crippen molar-refractivity contribution in [3.05, 3.63) is 71.4 Å². The van der Waals surface area contributed by atoms with Crippen molar-refractivity contribution in [2.24, 2.45) is 0 Å². The van der Waals surface area contributed by atoms with Crippen LogP contribution in [0.3, 0.4) is 0 Å². The van der Waals surface area contributed by atoms with Gasteiger partial charge in [0.05, 0.1) is 0 Å². The molecule has 5 nitrogen and oxygen atoms in total. The zero-order valence-electron chi connectivity index (χ0n) is 12.5. The zero-order chi connectivity index (χ0) is 16.7. The average molecular weight is 302 g/mol. The molecule has 2 aromatic carbocycles. The van der Waals surface area contributed by atoms with Crippen LogP contribution in [0.2, 0.25) is 0 Å². The third-order valence-electron chi connectivity index (χ3n) is 3.02. The first kappa shape index (κ1) is 15.8. The molecule has 112 valence electrons. The third kappa shape index (κ3) is 4.45. The molecular weight excluding hydrogens is 288 g/mol. The summed E-state index contributed by atoms with van der Waals surface area (Å²) in [5.74, 6) is -0.232. The molecule has 0 heterocycles. The number of rotatable bonds is 4. The van der Waals surface area contributed by atoms with E-state index in [0.29, 0.717) is 11.3 Å². The maximum atomic E-state index is 12.3. The van der Waals surface area contributed by atoms with Crippen molar-refractivity contribution >= 4 is 17.3 Å². The van der Waals surface area contributed by atoms with Gasteiger partial charge in [0.25, 0.3) is 5.91 Å². The van der Waals surface area contributed by atoms with Crippen LogP contribution in [0.5, 0.6) is 0 Å². The Kier molecular flexibility index (Phi) is 5.12. The second-order valence-electron chi connectivity index (χ2n) is 4.83. The number of allylic oxidation sites excluding steroid dienone is 1. The summed E-state index contributed by atoms with van der Waals surface area (Å²) in [7, 11) is 0. The van der Waals surface area contributed by atoms with Crippen molar-refractivity contribution in [1.82, 2.24) is 0 Å². The molecular formula is C18H14N4O. The van der Waals surface area contributed by atoms with Crippen LogP contribution in [0, 0.1) is 29.6 Å². The molecule has 5 heteroatoms. The second-order valence-corrected chi connectivity index (χ2v) is 4.83. The van der Waals surface area contributed by atoms with E-state index >= 15 is 0 Å². The summed E-state index contributed by atoms with van der Waals surface area (Å²) in [6.07, 6.45) is 1.30. The van der Waals surface area contributed by atoms with Crippen LogP contribution in [-0.2, 0) is 0 Å². The summed E-state index contributed by atoms with van der Waals surface area (Å²) in [4.78, 5) is 12.3. The number of nitriles is 2. The molecule has 2 N–H and O–H groups in total. The summed E-state index contributed by atoms with van der Waals surface area (Å²) in [6, 6.07) is 17.8. The Morgan fingerprint density at radius 1 is 1.04 bits per heavy atom. The lowest BCUT2D eigenvalue weighted by Gasteiger charge is -2.07. The number of nitrogens with one attached hydrogen (secondary N) is 2. The maximum Gasteiger partial charge on any atom is 0.255 e. The van der Waals surface area contributed by atoms with Crippen LogP contribution >= 0.6 is 0 Å². The van der Waals surface area contributed by atoms with Crippen molar-refractivity contribution in [3.8, 4) is 12.1 Å². The standard InChI is InChI=1S/C18H14N4O/c1-13-4-2-7-17(8-13)22-18(23)15-5-3-6-16(9-15)21-12-14(10-19)11-20/h2-9,12,21H,1H3,(H,22,23). The fourth-order valence-corrected chi connectivity index (χ4v) is 1.92. The summed E-state index contributed by atoms with van der Waals surface area (Å²) in [5, 5.41) is 23.0. The lowest BCUT2D eigenvalue weighted by atomic mass is 10.1. The van der Waals surface area contributed by atoms with Crippen LogP contribution in [-0.4, -0.2) is 5.91 Å². The smallest absolute Gasteiger partial charge is 0.255 e. The predicted molar refractivity (Wildman–Crippen MR) is 88.5 cm³/mol. The van der Waals surface area contributed by atoms with Crippen LogP contribution in [0.1, 0.15) is 15.9 Å². The zero-order valence-corrected chi connectivity index (χ0v) is 12.5. The van der Waals surface area contributed by atoms with E-state index < -0.39 is 0 Å². The first-order valence-corrected chi connectivity index (χ1v) is 6.87. The minimum atomic E-state index is -0.232. The fraction of sp³-hybridized carbons (Fsp3) is 0.0556. The number of aryl methyl sites for hydroxylation is 1. The molecule has 0 aliphatic carbocycles. The molecule has 0 fully saturated rings. The van der Waals surface area contributed by atoms with E-state index in [-0.39, 0.29) is 11.5 Å². The van der Waals surface area contributed by atoms with Crippen molar-refractivity contribution in [2.75, 3.05) is 10.6 Å². The molecule has 2 aromatic rings. The van der Waals surface area contributed by atoms with Gasteiger partial charge in [-0.25, -0.2) is 0 Å². The lowest BCUT2D eigenvalue weighted by Crippen LogP contribution is -2.12. The SMILES string of the molecule is Cc1cccc(NC(=O)c2cccc(NC=C(C#N)C#N)c2)c1. The van der Waals surface area contributed by atoms with Crippen molar-refractivity contribution in [2.45, 2.75) is 6.92 Å². The Balaban J connectivity index is 2.13. The monoisotopic (exact) mass is 302 g/mol. The van der Waals surface area contributed by atoms with Gasteiger partial charge in [-0.15, -0.1) is 0 Å². The molecule has 0 radical (unpaired) electrons. The highest BCUT2D eigenvalue weighted by Gasteiger charge is 2.06. The van der Waals surface area contributed by atoms with E-state index in [4.69, 9.17) is 10.5 Å². The molecule has 1 amide bonds. The molecule has 0 unspecified atom stereocenters. The maximum absolute atomic E-state index is 12.3. The largest absolute Gasteiger partial charge is 0.360 e. The molecule has 0 aliphatic heterocycles. The van der Waals surface area contributed by atoms with E-state index in [2.05, 4.69) is 10.6 Å². The summed E-state index contributed by atoms with van der Waals surface area (Å²) >= 11 is 0. The quantitative estimate of drug-likeness (QED) is 0.845. The summed E-state index contributed by atoms with van der Waals surface area (Å²) < 4.78 is 0. The van der Waals surface area contributed by atoms with Gasteiger partial charge in [-0.05, 0) is 42.8 Å². The van der Waals surface area contributed by atoms with Gasteiger partial charge in [0.2, 0.25) is 0 Å². The Morgan fingerprint density at radius 3 is 2.43 bits per heavy atom. The number of carbonyl (C=O) groups is 1. The van der Waals surface area contributed by atoms with Gasteiger partial charge in [0, 0.05) is 23.1 Å². The summed E-state index contributed by atoms with van der Waals surface area (Å²) in [6.45, 7) is 1.95. The lowest BCUT2D eigenvalue weighted by molar-refractivity contribution is 0.102. The molecule has 0 saturated heterocycles. The highest BCUT2D eigenvalue weighted by atomic mass is 16.1. The van der Waals surface area contributed by atoms with E-state index in [0.717, 1.165) is 11.3 Å². The normalized spacial score (nSPS) is 9.17. The highest BCUT2D eigenvalue weighted by Crippen LogP contribution is 2.15. The Labute approximate surface area is 134 Å². The van der Waals surface area contributed by atoms with E-state index in [1.165, 1.54) is 6.20 Å². The first-order valence-electron chi connectivity index (χ1n) is 6.87. The van der Waals surface area contributed by atoms with Crippen molar-refractivity contribution < 1.29 is 4.79 Å². The van der Waals surface area contributed by atoms with E-state index in [9.17, 15) is 4.79 Å². The van der Waals surface area contributed by atoms with Crippen LogP contribution in [0.15, 0.2) is 60.3 Å². The number of amides is 1. The highest BCUT2D eigenvalue weighted by molar-refractivity contribution is 6.04. The second kappa shape index (κ2) is 7.44. The van der Waals surface area contributed by atoms with Gasteiger partial charge >= 0.3 is 0 Å². The Morgan fingerprint density at radius 2 is 1.74 bits per heavy atom. The number of benzene rings is 2. The van der Waals surface area contributed by atoms with E-state index in [1.54, 1.807) is 36.4 Å². The van der Waals surface area contributed by atoms with Gasteiger partial charge in [0.1, 0.15) is 17.7 Å². The van der Waals surface area contributed by atoms with Crippen LogP contribution in [0.4, 0.5) is 11.4 Å². The van der Waals surface area contributed by atoms with Gasteiger partial charge in [-0.3, -0.25) is 4.79 Å².